The Hall–Kier alpha value is -2.61. The number of benzene rings is 1. The average Bonchev–Trinajstić information content (AvgIpc) is 3.87. The van der Waals surface area contributed by atoms with Crippen LogP contribution in [0.15, 0.2) is 60.2 Å². The molecule has 0 bridgehead atoms. The first kappa shape index (κ1) is 44.8. The molecule has 1 fully saturated rings. The van der Waals surface area contributed by atoms with Gasteiger partial charge in [0, 0.05) is 50.6 Å². The Bertz CT molecular complexity index is 1410. The number of aliphatic hydroxyl groups is 4. The molecule has 0 aliphatic carbocycles. The molecule has 53 heavy (non-hydrogen) atoms. The number of esters is 2. The van der Waals surface area contributed by atoms with Crippen LogP contribution in [0.3, 0.4) is 0 Å². The Morgan fingerprint density at radius 3 is 2.49 bits per heavy atom. The Labute approximate surface area is 320 Å². The summed E-state index contributed by atoms with van der Waals surface area (Å²) in [6.07, 6.45) is 6.53. The molecular weight excluding hydrogens is 702 g/mol. The lowest BCUT2D eigenvalue weighted by molar-refractivity contribution is -0.157. The number of methoxy groups -OCH3 is 1. The number of halogens is 1. The third kappa shape index (κ3) is 13.3. The molecule has 0 radical (unpaired) electrons. The van der Waals surface area contributed by atoms with E-state index < -0.39 is 53.4 Å². The van der Waals surface area contributed by atoms with Gasteiger partial charge in [0.15, 0.2) is 0 Å². The fourth-order valence-electron chi connectivity index (χ4n) is 7.32. The number of carbonyl (C=O) groups is 2. The minimum atomic E-state index is -1.47. The van der Waals surface area contributed by atoms with Gasteiger partial charge in [-0.15, -0.1) is 0 Å². The molecule has 1 aromatic carbocycles. The summed E-state index contributed by atoms with van der Waals surface area (Å²) in [6, 6.07) is 7.04. The fourth-order valence-corrected chi connectivity index (χ4v) is 7.45. The molecule has 11 nitrogen and oxygen atoms in total. The van der Waals surface area contributed by atoms with Crippen LogP contribution in [-0.4, -0.2) is 111 Å². The number of ether oxygens (including phenoxy) is 4. The summed E-state index contributed by atoms with van der Waals surface area (Å²) >= 11 is 6.18. The predicted molar refractivity (Wildman–Crippen MR) is 204 cm³/mol. The molecule has 2 unspecified atom stereocenters. The maximum atomic E-state index is 13.0. The molecule has 0 spiro atoms. The lowest BCUT2D eigenvalue weighted by Crippen LogP contribution is -2.54. The second-order valence-corrected chi connectivity index (χ2v) is 15.6. The molecule has 0 amide bonds. The SMILES string of the molecule is CC[C@H](OC)[C@@H](C)[C@H]1O[C@@H]1C(N(CCCO)Cc1ccc(Cl)cc1)C(C)(O)C=CC=C(C)[C@H]1OC(=O)C[C@H](O)CC[C@@](C)(O)[C@@H](OC(C)=O)C=C[C@@H]1C. The highest BCUT2D eigenvalue weighted by atomic mass is 35.5. The van der Waals surface area contributed by atoms with Crippen molar-refractivity contribution in [1.29, 1.82) is 0 Å². The molecule has 2 aliphatic heterocycles. The van der Waals surface area contributed by atoms with Crippen LogP contribution >= 0.6 is 11.6 Å². The molecule has 2 heterocycles. The van der Waals surface area contributed by atoms with E-state index in [2.05, 4.69) is 18.7 Å². The van der Waals surface area contributed by atoms with Gasteiger partial charge < -0.3 is 39.4 Å². The van der Waals surface area contributed by atoms with Gasteiger partial charge in [-0.1, -0.05) is 68.8 Å². The lowest BCUT2D eigenvalue weighted by atomic mass is 9.85. The van der Waals surface area contributed by atoms with E-state index >= 15 is 0 Å². The van der Waals surface area contributed by atoms with Crippen molar-refractivity contribution < 1.29 is 49.0 Å². The summed E-state index contributed by atoms with van der Waals surface area (Å²) in [5.74, 6) is -1.48. The zero-order chi connectivity index (χ0) is 39.5. The van der Waals surface area contributed by atoms with Gasteiger partial charge in [-0.25, -0.2) is 0 Å². The number of nitrogens with zero attached hydrogens (tertiary/aromatic N) is 1. The van der Waals surface area contributed by atoms with Crippen molar-refractivity contribution in [3.8, 4) is 0 Å². The smallest absolute Gasteiger partial charge is 0.309 e. The largest absolute Gasteiger partial charge is 0.457 e. The summed E-state index contributed by atoms with van der Waals surface area (Å²) in [5, 5.41) is 44.4. The number of cyclic esters (lactones) is 1. The second-order valence-electron chi connectivity index (χ2n) is 15.2. The number of carbonyl (C=O) groups excluding carboxylic acids is 2. The third-order valence-electron chi connectivity index (χ3n) is 10.4. The minimum Gasteiger partial charge on any atom is -0.457 e. The molecule has 2 aliphatic rings. The Kier molecular flexibility index (Phi) is 17.2. The summed E-state index contributed by atoms with van der Waals surface area (Å²) in [6.45, 7) is 13.3. The molecule has 3 rings (SSSR count). The number of rotatable bonds is 16. The standard InChI is InChI=1S/C41H62ClNO10/c1-9-33(50-8)28(4)37-38(53-37)39(43(22-11-23-44)25-30-14-16-31(42)17-15-30)41(7,49)20-10-12-26(2)36-27(3)13-18-34(51-29(5)45)40(6,48)21-19-32(46)24-35(47)52-36/h10,12-18,20,27-28,32-34,36-39,44,46,48-49H,9,11,19,21-25H2,1-8H3/t27-,28+,32+,33-,34-,36+,37+,38-,39?,40+,41?/m0/s1. The van der Waals surface area contributed by atoms with E-state index in [-0.39, 0.29) is 50.1 Å². The minimum absolute atomic E-state index is 0.0138. The van der Waals surface area contributed by atoms with E-state index in [4.69, 9.17) is 30.5 Å². The van der Waals surface area contributed by atoms with Gasteiger partial charge >= 0.3 is 11.9 Å². The zero-order valence-corrected chi connectivity index (χ0v) is 33.4. The Balaban J connectivity index is 1.98. The normalized spacial score (nSPS) is 30.2. The van der Waals surface area contributed by atoms with Gasteiger partial charge in [0.25, 0.3) is 0 Å². The van der Waals surface area contributed by atoms with E-state index in [0.29, 0.717) is 30.1 Å². The van der Waals surface area contributed by atoms with Gasteiger partial charge in [0.1, 0.15) is 23.9 Å². The van der Waals surface area contributed by atoms with E-state index in [1.54, 1.807) is 44.4 Å². The van der Waals surface area contributed by atoms with Crippen LogP contribution < -0.4 is 0 Å². The summed E-state index contributed by atoms with van der Waals surface area (Å²) in [4.78, 5) is 27.0. The maximum absolute atomic E-state index is 13.0. The molecule has 11 atom stereocenters. The molecule has 0 saturated carbocycles. The highest BCUT2D eigenvalue weighted by Gasteiger charge is 2.56. The van der Waals surface area contributed by atoms with Crippen LogP contribution in [0.5, 0.6) is 0 Å². The van der Waals surface area contributed by atoms with Crippen LogP contribution in [0.2, 0.25) is 5.02 Å². The first-order valence-corrected chi connectivity index (χ1v) is 19.1. The quantitative estimate of drug-likeness (QED) is 0.0749. The summed E-state index contributed by atoms with van der Waals surface area (Å²) in [5.41, 5.74) is -1.23. The van der Waals surface area contributed by atoms with E-state index in [1.165, 1.54) is 13.8 Å². The van der Waals surface area contributed by atoms with E-state index in [9.17, 15) is 30.0 Å². The number of aliphatic hydroxyl groups excluding tert-OH is 2. The lowest BCUT2D eigenvalue weighted by Gasteiger charge is -2.39. The monoisotopic (exact) mass is 763 g/mol. The summed E-state index contributed by atoms with van der Waals surface area (Å²) < 4.78 is 23.4. The first-order chi connectivity index (χ1) is 24.9. The number of epoxide rings is 1. The van der Waals surface area contributed by atoms with Crippen LogP contribution in [0.4, 0.5) is 0 Å². The molecule has 0 aromatic heterocycles. The topological polar surface area (TPSA) is 159 Å². The van der Waals surface area contributed by atoms with Crippen molar-refractivity contribution in [2.75, 3.05) is 20.3 Å². The van der Waals surface area contributed by atoms with Crippen molar-refractivity contribution in [2.45, 2.75) is 141 Å². The maximum Gasteiger partial charge on any atom is 0.309 e. The van der Waals surface area contributed by atoms with Gasteiger partial charge in [-0.05, 0) is 75.8 Å². The molecule has 298 valence electrons. The fraction of sp³-hybridized carbons (Fsp3) is 0.659. The first-order valence-electron chi connectivity index (χ1n) is 18.7. The number of hydrogen-bond donors (Lipinski definition) is 4. The molecule has 1 saturated heterocycles. The zero-order valence-electron chi connectivity index (χ0n) is 32.6. The molecular formula is C41H62ClNO10. The third-order valence-corrected chi connectivity index (χ3v) is 10.7. The van der Waals surface area contributed by atoms with Gasteiger partial charge in [-0.3, -0.25) is 14.5 Å². The summed E-state index contributed by atoms with van der Waals surface area (Å²) in [7, 11) is 1.70. The average molecular weight is 764 g/mol. The molecule has 12 heteroatoms. The van der Waals surface area contributed by atoms with Crippen LogP contribution in [0.25, 0.3) is 0 Å². The van der Waals surface area contributed by atoms with Gasteiger partial charge in [-0.2, -0.15) is 0 Å². The predicted octanol–water partition coefficient (Wildman–Crippen LogP) is 5.31. The Morgan fingerprint density at radius 2 is 1.89 bits per heavy atom. The molecule has 4 N–H and O–H groups in total. The van der Waals surface area contributed by atoms with Crippen molar-refractivity contribution in [1.82, 2.24) is 4.90 Å². The van der Waals surface area contributed by atoms with E-state index in [0.717, 1.165) is 12.0 Å². The van der Waals surface area contributed by atoms with Gasteiger partial charge in [0.05, 0.1) is 36.4 Å². The van der Waals surface area contributed by atoms with E-state index in [1.807, 2.05) is 38.1 Å². The van der Waals surface area contributed by atoms with Gasteiger partial charge in [0.2, 0.25) is 0 Å². The molecule has 1 aromatic rings. The van der Waals surface area contributed by atoms with Crippen molar-refractivity contribution >= 4 is 23.5 Å². The van der Waals surface area contributed by atoms with Crippen LogP contribution in [0, 0.1) is 11.8 Å². The van der Waals surface area contributed by atoms with Crippen molar-refractivity contribution in [2.24, 2.45) is 11.8 Å². The number of hydrogen-bond acceptors (Lipinski definition) is 11. The Morgan fingerprint density at radius 1 is 1.21 bits per heavy atom. The number of allylic oxidation sites excluding steroid dienone is 2. The second kappa shape index (κ2) is 20.3. The van der Waals surface area contributed by atoms with Crippen LogP contribution in [-0.2, 0) is 35.1 Å². The van der Waals surface area contributed by atoms with Crippen LogP contribution in [0.1, 0.15) is 86.1 Å². The van der Waals surface area contributed by atoms with Crippen molar-refractivity contribution in [3.05, 3.63) is 70.8 Å². The highest BCUT2D eigenvalue weighted by molar-refractivity contribution is 6.30. The van der Waals surface area contributed by atoms with Crippen molar-refractivity contribution in [3.63, 3.8) is 0 Å². The highest BCUT2D eigenvalue weighted by Crippen LogP contribution is 2.41.